The fourth-order valence-corrected chi connectivity index (χ4v) is 3.13. The Balaban J connectivity index is 3.44. The van der Waals surface area contributed by atoms with Crippen molar-refractivity contribution in [2.75, 3.05) is 13.6 Å². The third kappa shape index (κ3) is 2.00. The Morgan fingerprint density at radius 1 is 1.31 bits per heavy atom. The van der Waals surface area contributed by atoms with Gasteiger partial charge in [-0.05, 0) is 13.8 Å². The van der Waals surface area contributed by atoms with Gasteiger partial charge in [-0.1, -0.05) is 6.92 Å². The van der Waals surface area contributed by atoms with Crippen LogP contribution in [0.5, 0.6) is 0 Å². The minimum Gasteiger partial charge on any atom is -0.465 e. The first-order valence-electron chi connectivity index (χ1n) is 5.02. The maximum atomic E-state index is 12.1. The maximum absolute atomic E-state index is 12.1. The van der Waals surface area contributed by atoms with E-state index >= 15 is 0 Å². The molecule has 0 atom stereocenters. The van der Waals surface area contributed by atoms with E-state index in [0.717, 1.165) is 0 Å². The Kier molecular flexibility index (Phi) is 3.77. The lowest BCUT2D eigenvalue weighted by molar-refractivity contribution is 0.276. The van der Waals surface area contributed by atoms with E-state index in [1.54, 1.807) is 20.8 Å². The van der Waals surface area contributed by atoms with Crippen LogP contribution in [0.3, 0.4) is 0 Å². The predicted octanol–water partition coefficient (Wildman–Crippen LogP) is 1.03. The highest BCUT2D eigenvalue weighted by Crippen LogP contribution is 2.28. The molecule has 0 aromatic carbocycles. The Bertz CT molecular complexity index is 475. The summed E-state index contributed by atoms with van der Waals surface area (Å²) in [6.45, 7) is 5.01. The van der Waals surface area contributed by atoms with Crippen molar-refractivity contribution in [3.05, 3.63) is 17.1 Å². The lowest BCUT2D eigenvalue weighted by Gasteiger charge is -2.15. The molecule has 1 aromatic rings. The average molecular weight is 247 g/mol. The summed E-state index contributed by atoms with van der Waals surface area (Å²) in [4.78, 5) is 0.0943. The lowest BCUT2D eigenvalue weighted by Crippen LogP contribution is -2.27. The van der Waals surface area contributed by atoms with Gasteiger partial charge in [0.05, 0.1) is 6.61 Å². The minimum absolute atomic E-state index is 0.0943. The third-order valence-corrected chi connectivity index (χ3v) is 4.73. The molecule has 0 spiro atoms. The average Bonchev–Trinajstić information content (AvgIpc) is 2.51. The highest BCUT2D eigenvalue weighted by Gasteiger charge is 2.29. The van der Waals surface area contributed by atoms with Crippen LogP contribution in [-0.4, -0.2) is 31.4 Å². The molecule has 5 nitrogen and oxygen atoms in total. The number of hydrogen-bond donors (Lipinski definition) is 1. The number of sulfonamides is 1. The molecule has 92 valence electrons. The summed E-state index contributed by atoms with van der Waals surface area (Å²) < 4.78 is 30.7. The van der Waals surface area contributed by atoms with Gasteiger partial charge in [-0.3, -0.25) is 0 Å². The van der Waals surface area contributed by atoms with Crippen LogP contribution < -0.4 is 0 Å². The molecule has 0 saturated heterocycles. The molecule has 0 amide bonds. The van der Waals surface area contributed by atoms with Gasteiger partial charge in [-0.2, -0.15) is 0 Å². The highest BCUT2D eigenvalue weighted by molar-refractivity contribution is 7.89. The van der Waals surface area contributed by atoms with Crippen LogP contribution in [0, 0.1) is 13.8 Å². The summed E-state index contributed by atoms with van der Waals surface area (Å²) in [5.74, 6) is 0.768. The van der Waals surface area contributed by atoms with Gasteiger partial charge in [0.1, 0.15) is 16.4 Å². The molecule has 1 aromatic heterocycles. The summed E-state index contributed by atoms with van der Waals surface area (Å²) in [5, 5.41) is 9.19. The van der Waals surface area contributed by atoms with Crippen molar-refractivity contribution in [1.82, 2.24) is 4.31 Å². The zero-order valence-electron chi connectivity index (χ0n) is 9.94. The Morgan fingerprint density at radius 3 is 2.31 bits per heavy atom. The zero-order valence-corrected chi connectivity index (χ0v) is 10.8. The fraction of sp³-hybridized carbons (Fsp3) is 0.600. The van der Waals surface area contributed by atoms with Crippen LogP contribution >= 0.6 is 0 Å². The van der Waals surface area contributed by atoms with Crippen molar-refractivity contribution in [3.63, 3.8) is 0 Å². The van der Waals surface area contributed by atoms with Gasteiger partial charge in [0.2, 0.25) is 10.0 Å². The largest absolute Gasteiger partial charge is 0.465 e. The molecule has 0 aliphatic heterocycles. The van der Waals surface area contributed by atoms with E-state index < -0.39 is 10.0 Å². The van der Waals surface area contributed by atoms with E-state index in [-0.39, 0.29) is 11.5 Å². The molecule has 0 fully saturated rings. The predicted molar refractivity (Wildman–Crippen MR) is 59.6 cm³/mol. The van der Waals surface area contributed by atoms with E-state index in [4.69, 9.17) is 4.42 Å². The van der Waals surface area contributed by atoms with Gasteiger partial charge in [0, 0.05) is 19.2 Å². The number of hydrogen-bond acceptors (Lipinski definition) is 4. The summed E-state index contributed by atoms with van der Waals surface area (Å²) in [6.07, 6.45) is 0. The van der Waals surface area contributed by atoms with Crippen LogP contribution in [0.4, 0.5) is 0 Å². The lowest BCUT2D eigenvalue weighted by atomic mass is 10.2. The van der Waals surface area contributed by atoms with Crippen molar-refractivity contribution in [1.29, 1.82) is 0 Å². The molecule has 0 unspecified atom stereocenters. The van der Waals surface area contributed by atoms with Crippen molar-refractivity contribution in [3.8, 4) is 0 Å². The standard InChI is InChI=1S/C10H17NO4S/c1-5-11(4)16(13,14)10-8(3)15-7(2)9(10)6-12/h12H,5-6H2,1-4H3. The first kappa shape index (κ1) is 13.2. The van der Waals surface area contributed by atoms with E-state index in [9.17, 15) is 13.5 Å². The number of furan rings is 1. The zero-order chi connectivity index (χ0) is 12.5. The van der Waals surface area contributed by atoms with Gasteiger partial charge in [0.25, 0.3) is 0 Å². The second kappa shape index (κ2) is 4.57. The van der Waals surface area contributed by atoms with Gasteiger partial charge in [0.15, 0.2) is 0 Å². The SMILES string of the molecule is CCN(C)S(=O)(=O)c1c(C)oc(C)c1CO. The molecule has 1 heterocycles. The van der Waals surface area contributed by atoms with E-state index in [1.165, 1.54) is 11.4 Å². The van der Waals surface area contributed by atoms with E-state index in [0.29, 0.717) is 23.6 Å². The van der Waals surface area contributed by atoms with Crippen LogP contribution in [0.25, 0.3) is 0 Å². The topological polar surface area (TPSA) is 70.8 Å². The molecule has 0 saturated carbocycles. The first-order valence-corrected chi connectivity index (χ1v) is 6.46. The van der Waals surface area contributed by atoms with Crippen molar-refractivity contribution < 1.29 is 17.9 Å². The normalized spacial score (nSPS) is 12.4. The maximum Gasteiger partial charge on any atom is 0.246 e. The van der Waals surface area contributed by atoms with Gasteiger partial charge in [-0.25, -0.2) is 12.7 Å². The number of aliphatic hydroxyl groups is 1. The van der Waals surface area contributed by atoms with Crippen molar-refractivity contribution in [2.45, 2.75) is 32.3 Å². The molecule has 0 aliphatic rings. The smallest absolute Gasteiger partial charge is 0.246 e. The molecular weight excluding hydrogens is 230 g/mol. The molecule has 0 bridgehead atoms. The third-order valence-electron chi connectivity index (χ3n) is 2.60. The Hall–Kier alpha value is -0.850. The van der Waals surface area contributed by atoms with Crippen LogP contribution in [0.1, 0.15) is 24.0 Å². The van der Waals surface area contributed by atoms with E-state index in [1.807, 2.05) is 0 Å². The van der Waals surface area contributed by atoms with Crippen LogP contribution in [0.2, 0.25) is 0 Å². The Morgan fingerprint density at radius 2 is 1.88 bits per heavy atom. The van der Waals surface area contributed by atoms with Crippen LogP contribution in [0.15, 0.2) is 9.31 Å². The van der Waals surface area contributed by atoms with Gasteiger partial charge in [-0.15, -0.1) is 0 Å². The summed E-state index contributed by atoms with van der Waals surface area (Å²) in [5.41, 5.74) is 0.345. The monoisotopic (exact) mass is 247 g/mol. The molecular formula is C10H17NO4S. The molecule has 6 heteroatoms. The molecule has 0 radical (unpaired) electrons. The first-order chi connectivity index (χ1) is 7.36. The molecule has 16 heavy (non-hydrogen) atoms. The molecule has 0 aliphatic carbocycles. The quantitative estimate of drug-likeness (QED) is 0.862. The Labute approximate surface area is 95.7 Å². The van der Waals surface area contributed by atoms with Gasteiger partial charge < -0.3 is 9.52 Å². The summed E-state index contributed by atoms with van der Waals surface area (Å²) >= 11 is 0. The summed E-state index contributed by atoms with van der Waals surface area (Å²) in [6, 6.07) is 0. The number of nitrogens with zero attached hydrogens (tertiary/aromatic N) is 1. The van der Waals surface area contributed by atoms with Gasteiger partial charge >= 0.3 is 0 Å². The number of aryl methyl sites for hydroxylation is 2. The number of rotatable bonds is 4. The molecule has 1 rings (SSSR count). The second-order valence-corrected chi connectivity index (χ2v) is 5.58. The minimum atomic E-state index is -3.56. The van der Waals surface area contributed by atoms with E-state index in [2.05, 4.69) is 0 Å². The van der Waals surface area contributed by atoms with Crippen molar-refractivity contribution >= 4 is 10.0 Å². The molecule has 1 N–H and O–H groups in total. The van der Waals surface area contributed by atoms with Crippen LogP contribution in [-0.2, 0) is 16.6 Å². The summed E-state index contributed by atoms with van der Waals surface area (Å²) in [7, 11) is -2.06. The second-order valence-electron chi connectivity index (χ2n) is 3.60. The highest BCUT2D eigenvalue weighted by atomic mass is 32.2. The fourth-order valence-electron chi connectivity index (χ4n) is 1.56. The van der Waals surface area contributed by atoms with Crippen molar-refractivity contribution in [2.24, 2.45) is 0 Å². The number of aliphatic hydroxyl groups excluding tert-OH is 1.